The maximum Gasteiger partial charge on any atom is 0.334 e. The summed E-state index contributed by atoms with van der Waals surface area (Å²) in [5.74, 6) is -1.04. The van der Waals surface area contributed by atoms with Crippen molar-refractivity contribution >= 4 is 11.9 Å². The zero-order valence-corrected chi connectivity index (χ0v) is 11.1. The summed E-state index contributed by atoms with van der Waals surface area (Å²) in [6.45, 7) is 2.13. The van der Waals surface area contributed by atoms with Crippen LogP contribution in [0.3, 0.4) is 0 Å². The first kappa shape index (κ1) is 13.6. The maximum atomic E-state index is 12.2. The van der Waals surface area contributed by atoms with Crippen LogP contribution in [0.4, 0.5) is 0 Å². The molecule has 1 aromatic carbocycles. The molecule has 1 saturated heterocycles. The van der Waals surface area contributed by atoms with Crippen molar-refractivity contribution in [2.45, 2.75) is 38.1 Å². The monoisotopic (exact) mass is 261 g/mol. The molecule has 1 aliphatic rings. The van der Waals surface area contributed by atoms with E-state index in [0.29, 0.717) is 18.5 Å². The van der Waals surface area contributed by atoms with E-state index in [4.69, 9.17) is 0 Å². The molecule has 4 heteroatoms. The van der Waals surface area contributed by atoms with Crippen LogP contribution in [0.1, 0.15) is 38.2 Å². The molecule has 0 saturated carbocycles. The molecule has 1 unspecified atom stereocenters. The van der Waals surface area contributed by atoms with E-state index < -0.39 is 11.5 Å². The van der Waals surface area contributed by atoms with Crippen LogP contribution in [-0.2, 0) is 15.1 Å². The van der Waals surface area contributed by atoms with Gasteiger partial charge in [-0.25, -0.2) is 4.79 Å². The normalized spacial score (nSPS) is 19.6. The number of aliphatic carboxylic acids is 1. The molecule has 1 heterocycles. The summed E-state index contributed by atoms with van der Waals surface area (Å²) in [6.07, 6.45) is 3.13. The van der Waals surface area contributed by atoms with Gasteiger partial charge < -0.3 is 10.0 Å². The number of nitrogens with zero attached hydrogens (tertiary/aromatic N) is 1. The highest BCUT2D eigenvalue weighted by Crippen LogP contribution is 2.31. The summed E-state index contributed by atoms with van der Waals surface area (Å²) < 4.78 is 0. The quantitative estimate of drug-likeness (QED) is 0.909. The second-order valence-corrected chi connectivity index (χ2v) is 5.10. The highest BCUT2D eigenvalue weighted by Gasteiger charge is 2.43. The molecule has 0 radical (unpaired) electrons. The second kappa shape index (κ2) is 5.43. The van der Waals surface area contributed by atoms with Crippen LogP contribution in [0.15, 0.2) is 30.3 Å². The Labute approximate surface area is 113 Å². The van der Waals surface area contributed by atoms with Crippen molar-refractivity contribution in [3.63, 3.8) is 0 Å². The molecule has 0 bridgehead atoms. The fourth-order valence-corrected chi connectivity index (χ4v) is 2.61. The molecular formula is C15H19NO3. The Balaban J connectivity index is 2.44. The van der Waals surface area contributed by atoms with E-state index in [0.717, 1.165) is 19.3 Å². The summed E-state index contributed by atoms with van der Waals surface area (Å²) in [5, 5.41) is 9.65. The Morgan fingerprint density at radius 3 is 2.53 bits per heavy atom. The summed E-state index contributed by atoms with van der Waals surface area (Å²) in [6, 6.07) is 8.99. The van der Waals surface area contributed by atoms with Gasteiger partial charge in [-0.05, 0) is 25.3 Å². The van der Waals surface area contributed by atoms with E-state index in [1.807, 2.05) is 6.07 Å². The van der Waals surface area contributed by atoms with Gasteiger partial charge in [-0.3, -0.25) is 4.79 Å². The highest BCUT2D eigenvalue weighted by atomic mass is 16.4. The third-order valence-electron chi connectivity index (χ3n) is 3.87. The fraction of sp³-hybridized carbons (Fsp3) is 0.467. The third kappa shape index (κ3) is 2.48. The first-order valence-electron chi connectivity index (χ1n) is 6.66. The van der Waals surface area contributed by atoms with Crippen molar-refractivity contribution in [2.24, 2.45) is 0 Å². The van der Waals surface area contributed by atoms with Gasteiger partial charge in [0.1, 0.15) is 0 Å². The summed E-state index contributed by atoms with van der Waals surface area (Å²) in [4.78, 5) is 25.5. The Morgan fingerprint density at radius 2 is 1.89 bits per heavy atom. The molecule has 1 atom stereocenters. The molecule has 0 aromatic heterocycles. The van der Waals surface area contributed by atoms with E-state index in [9.17, 15) is 14.7 Å². The van der Waals surface area contributed by atoms with Gasteiger partial charge in [-0.15, -0.1) is 0 Å². The number of likely N-dealkylation sites (tertiary alicyclic amines) is 1. The average molecular weight is 261 g/mol. The summed E-state index contributed by atoms with van der Waals surface area (Å²) in [7, 11) is 0. The minimum atomic E-state index is -1.28. The molecule has 0 spiro atoms. The van der Waals surface area contributed by atoms with Crippen LogP contribution in [0.2, 0.25) is 0 Å². The predicted molar refractivity (Wildman–Crippen MR) is 71.6 cm³/mol. The third-order valence-corrected chi connectivity index (χ3v) is 3.87. The zero-order valence-electron chi connectivity index (χ0n) is 11.1. The second-order valence-electron chi connectivity index (χ2n) is 5.10. The van der Waals surface area contributed by atoms with Gasteiger partial charge in [0.25, 0.3) is 0 Å². The molecule has 102 valence electrons. The van der Waals surface area contributed by atoms with Crippen LogP contribution in [0, 0.1) is 0 Å². The number of hydrogen-bond donors (Lipinski definition) is 1. The molecular weight excluding hydrogens is 242 g/mol. The highest BCUT2D eigenvalue weighted by molar-refractivity contribution is 5.88. The number of carboxylic acids is 1. The fourth-order valence-electron chi connectivity index (χ4n) is 2.61. The summed E-state index contributed by atoms with van der Waals surface area (Å²) >= 11 is 0. The molecule has 1 aliphatic heterocycles. The molecule has 1 N–H and O–H groups in total. The Kier molecular flexibility index (Phi) is 3.88. The lowest BCUT2D eigenvalue weighted by molar-refractivity contribution is -0.158. The Hall–Kier alpha value is -1.84. The van der Waals surface area contributed by atoms with E-state index >= 15 is 0 Å². The van der Waals surface area contributed by atoms with Crippen LogP contribution < -0.4 is 0 Å². The number of hydrogen-bond acceptors (Lipinski definition) is 2. The number of carbonyl (C=O) groups excluding carboxylic acids is 1. The SMILES string of the molecule is CC(C(=O)O)(c1ccccc1)N1CCCCCC1=O. The van der Waals surface area contributed by atoms with Gasteiger partial charge >= 0.3 is 5.97 Å². The van der Waals surface area contributed by atoms with Crippen molar-refractivity contribution in [3.05, 3.63) is 35.9 Å². The lowest BCUT2D eigenvalue weighted by Gasteiger charge is -2.37. The van der Waals surface area contributed by atoms with Crippen molar-refractivity contribution in [1.29, 1.82) is 0 Å². The van der Waals surface area contributed by atoms with Crippen LogP contribution >= 0.6 is 0 Å². The molecule has 2 rings (SSSR count). The van der Waals surface area contributed by atoms with Gasteiger partial charge in [0.2, 0.25) is 5.91 Å². The van der Waals surface area contributed by atoms with Gasteiger partial charge in [0.05, 0.1) is 0 Å². The van der Waals surface area contributed by atoms with E-state index in [2.05, 4.69) is 0 Å². The molecule has 1 fully saturated rings. The van der Waals surface area contributed by atoms with Crippen molar-refractivity contribution in [3.8, 4) is 0 Å². The molecule has 1 amide bonds. The average Bonchev–Trinajstić information content (AvgIpc) is 2.63. The minimum Gasteiger partial charge on any atom is -0.479 e. The van der Waals surface area contributed by atoms with Crippen LogP contribution in [-0.4, -0.2) is 28.4 Å². The van der Waals surface area contributed by atoms with Crippen molar-refractivity contribution < 1.29 is 14.7 Å². The molecule has 1 aromatic rings. The number of benzene rings is 1. The largest absolute Gasteiger partial charge is 0.479 e. The van der Waals surface area contributed by atoms with E-state index in [-0.39, 0.29) is 5.91 Å². The molecule has 19 heavy (non-hydrogen) atoms. The van der Waals surface area contributed by atoms with Gasteiger partial charge in [0.15, 0.2) is 5.54 Å². The number of rotatable bonds is 3. The zero-order chi connectivity index (χ0) is 13.9. The van der Waals surface area contributed by atoms with Crippen LogP contribution in [0.25, 0.3) is 0 Å². The van der Waals surface area contributed by atoms with Gasteiger partial charge in [0, 0.05) is 13.0 Å². The lowest BCUT2D eigenvalue weighted by Crippen LogP contribution is -2.52. The smallest absolute Gasteiger partial charge is 0.334 e. The molecule has 4 nitrogen and oxygen atoms in total. The minimum absolute atomic E-state index is 0.0637. The predicted octanol–water partition coefficient (Wildman–Crippen LogP) is 2.39. The Bertz CT molecular complexity index is 472. The van der Waals surface area contributed by atoms with Gasteiger partial charge in [-0.1, -0.05) is 36.8 Å². The van der Waals surface area contributed by atoms with Crippen molar-refractivity contribution in [2.75, 3.05) is 6.54 Å². The Morgan fingerprint density at radius 1 is 1.21 bits per heavy atom. The van der Waals surface area contributed by atoms with Crippen LogP contribution in [0.5, 0.6) is 0 Å². The first-order valence-corrected chi connectivity index (χ1v) is 6.66. The van der Waals surface area contributed by atoms with Crippen molar-refractivity contribution in [1.82, 2.24) is 4.90 Å². The number of carboxylic acid groups (broad SMARTS) is 1. The van der Waals surface area contributed by atoms with Gasteiger partial charge in [-0.2, -0.15) is 0 Å². The topological polar surface area (TPSA) is 57.6 Å². The lowest BCUT2D eigenvalue weighted by atomic mass is 9.89. The standard InChI is InChI=1S/C15H19NO3/c1-15(14(18)19,12-8-4-2-5-9-12)16-11-7-3-6-10-13(16)17/h2,4-5,8-9H,3,6-7,10-11H2,1H3,(H,18,19). The first-order chi connectivity index (χ1) is 9.06. The summed E-state index contributed by atoms with van der Waals surface area (Å²) in [5.41, 5.74) is -0.624. The number of carbonyl (C=O) groups is 2. The maximum absolute atomic E-state index is 12.2. The van der Waals surface area contributed by atoms with E-state index in [1.54, 1.807) is 31.2 Å². The number of amides is 1. The molecule has 0 aliphatic carbocycles. The van der Waals surface area contributed by atoms with E-state index in [1.165, 1.54) is 4.90 Å².